The van der Waals surface area contributed by atoms with Crippen LogP contribution in [0.15, 0.2) is 23.1 Å². The third kappa shape index (κ3) is 4.52. The summed E-state index contributed by atoms with van der Waals surface area (Å²) >= 11 is 10.7. The van der Waals surface area contributed by atoms with Gasteiger partial charge in [0.25, 0.3) is 10.0 Å². The average molecular weight is 323 g/mol. The fraction of sp³-hybridized carbons (Fsp3) is 0.364. The molecule has 0 unspecified atom stereocenters. The molecule has 1 aromatic carbocycles. The molecule has 0 amide bonds. The van der Waals surface area contributed by atoms with Gasteiger partial charge in [0, 0.05) is 11.1 Å². The fourth-order valence-corrected chi connectivity index (χ4v) is 3.24. The van der Waals surface area contributed by atoms with E-state index < -0.39 is 10.0 Å². The topological polar surface area (TPSA) is 67.4 Å². The Morgan fingerprint density at radius 1 is 1.42 bits per heavy atom. The first-order valence-corrected chi connectivity index (χ1v) is 7.70. The molecule has 0 aliphatic rings. The van der Waals surface area contributed by atoms with E-state index in [9.17, 15) is 8.42 Å². The van der Waals surface area contributed by atoms with E-state index in [1.165, 1.54) is 19.2 Å². The van der Waals surface area contributed by atoms with Crippen molar-refractivity contribution in [3.63, 3.8) is 0 Å². The highest BCUT2D eigenvalue weighted by Crippen LogP contribution is 2.26. The molecule has 8 heteroatoms. The molecule has 0 saturated carbocycles. The van der Waals surface area contributed by atoms with Crippen LogP contribution in [0.25, 0.3) is 0 Å². The molecule has 0 saturated heterocycles. The van der Waals surface area contributed by atoms with Crippen LogP contribution < -0.4 is 14.8 Å². The lowest BCUT2D eigenvalue weighted by Gasteiger charge is -2.15. The second-order valence-electron chi connectivity index (χ2n) is 4.03. The van der Waals surface area contributed by atoms with Crippen molar-refractivity contribution in [1.29, 1.82) is 0 Å². The SMILES string of the molecule is COc1ccc(Cl)cc1S(=O)(=O)NC(=S)NC(C)C. The van der Waals surface area contributed by atoms with Crippen molar-refractivity contribution in [2.75, 3.05) is 7.11 Å². The van der Waals surface area contributed by atoms with Crippen LogP contribution in [0.3, 0.4) is 0 Å². The van der Waals surface area contributed by atoms with E-state index in [0.29, 0.717) is 5.02 Å². The van der Waals surface area contributed by atoms with E-state index in [1.807, 2.05) is 13.8 Å². The van der Waals surface area contributed by atoms with E-state index in [2.05, 4.69) is 10.0 Å². The van der Waals surface area contributed by atoms with E-state index in [1.54, 1.807) is 6.07 Å². The van der Waals surface area contributed by atoms with Crippen molar-refractivity contribution in [1.82, 2.24) is 10.0 Å². The van der Waals surface area contributed by atoms with Crippen molar-refractivity contribution in [3.05, 3.63) is 23.2 Å². The van der Waals surface area contributed by atoms with E-state index in [0.717, 1.165) is 0 Å². The van der Waals surface area contributed by atoms with E-state index in [4.69, 9.17) is 28.6 Å². The largest absolute Gasteiger partial charge is 0.495 e. The van der Waals surface area contributed by atoms with Gasteiger partial charge in [-0.2, -0.15) is 0 Å². The number of hydrogen-bond acceptors (Lipinski definition) is 4. The summed E-state index contributed by atoms with van der Waals surface area (Å²) in [5.41, 5.74) is 0. The van der Waals surface area contributed by atoms with Crippen molar-refractivity contribution in [2.24, 2.45) is 0 Å². The summed E-state index contributed by atoms with van der Waals surface area (Å²) in [6.07, 6.45) is 0. The first-order valence-electron chi connectivity index (χ1n) is 5.43. The lowest BCUT2D eigenvalue weighted by Crippen LogP contribution is -2.42. The van der Waals surface area contributed by atoms with Crippen molar-refractivity contribution in [2.45, 2.75) is 24.8 Å². The number of halogens is 1. The average Bonchev–Trinajstić information content (AvgIpc) is 2.26. The molecule has 0 radical (unpaired) electrons. The minimum atomic E-state index is -3.83. The maximum absolute atomic E-state index is 12.2. The zero-order chi connectivity index (χ0) is 14.6. The number of nitrogens with one attached hydrogen (secondary N) is 2. The third-order valence-corrected chi connectivity index (χ3v) is 4.02. The number of sulfonamides is 1. The molecule has 106 valence electrons. The van der Waals surface area contributed by atoms with Gasteiger partial charge in [-0.3, -0.25) is 4.72 Å². The summed E-state index contributed by atoms with van der Waals surface area (Å²) in [4.78, 5) is -0.0598. The van der Waals surface area contributed by atoms with Gasteiger partial charge in [-0.1, -0.05) is 11.6 Å². The lowest BCUT2D eigenvalue weighted by atomic mass is 10.3. The van der Waals surface area contributed by atoms with Gasteiger partial charge in [-0.15, -0.1) is 0 Å². The minimum absolute atomic E-state index is 0.0245. The monoisotopic (exact) mass is 322 g/mol. The Labute approximate surface area is 123 Å². The van der Waals surface area contributed by atoms with Crippen LogP contribution in [0.4, 0.5) is 0 Å². The van der Waals surface area contributed by atoms with Crippen molar-refractivity contribution in [3.8, 4) is 5.75 Å². The Hall–Kier alpha value is -1.05. The van der Waals surface area contributed by atoms with E-state index >= 15 is 0 Å². The molecule has 0 aromatic heterocycles. The van der Waals surface area contributed by atoms with Gasteiger partial charge in [0.1, 0.15) is 10.6 Å². The summed E-state index contributed by atoms with van der Waals surface area (Å²) < 4.78 is 31.6. The predicted molar refractivity (Wildman–Crippen MR) is 79.2 cm³/mol. The van der Waals surface area contributed by atoms with E-state index in [-0.39, 0.29) is 21.8 Å². The molecule has 0 fully saturated rings. The summed E-state index contributed by atoms with van der Waals surface area (Å²) in [6.45, 7) is 3.70. The van der Waals surface area contributed by atoms with Gasteiger partial charge in [-0.25, -0.2) is 8.42 Å². The molecule has 1 aromatic rings. The number of hydrogen-bond donors (Lipinski definition) is 2. The summed E-state index contributed by atoms with van der Waals surface area (Å²) in [5.74, 6) is 0.198. The number of methoxy groups -OCH3 is 1. The Balaban J connectivity index is 3.07. The standard InChI is InChI=1S/C11H15ClN2O3S2/c1-7(2)13-11(18)14-19(15,16)10-6-8(12)4-5-9(10)17-3/h4-7H,1-3H3,(H2,13,14,18). The third-order valence-electron chi connectivity index (χ3n) is 2.06. The van der Waals surface area contributed by atoms with Crippen LogP contribution in [0.5, 0.6) is 5.75 Å². The second-order valence-corrected chi connectivity index (χ2v) is 6.52. The molecule has 0 aliphatic heterocycles. The van der Waals surface area contributed by atoms with Gasteiger partial charge < -0.3 is 10.1 Å². The maximum atomic E-state index is 12.2. The van der Waals surface area contributed by atoms with Gasteiger partial charge in [-0.05, 0) is 44.3 Å². The molecule has 2 N–H and O–H groups in total. The molecular formula is C11H15ClN2O3S2. The Morgan fingerprint density at radius 3 is 2.58 bits per heavy atom. The number of benzene rings is 1. The molecule has 0 atom stereocenters. The number of ether oxygens (including phenoxy) is 1. The summed E-state index contributed by atoms with van der Waals surface area (Å²) in [6, 6.07) is 4.36. The number of thiocarbonyl (C=S) groups is 1. The Bertz CT molecular complexity index is 573. The summed E-state index contributed by atoms with van der Waals surface area (Å²) in [7, 11) is -2.45. The predicted octanol–water partition coefficient (Wildman–Crippen LogP) is 1.91. The van der Waals surface area contributed by atoms with Crippen LogP contribution in [-0.2, 0) is 10.0 Å². The van der Waals surface area contributed by atoms with Crippen LogP contribution in [-0.4, -0.2) is 26.7 Å². The van der Waals surface area contributed by atoms with Crippen LogP contribution >= 0.6 is 23.8 Å². The van der Waals surface area contributed by atoms with Gasteiger partial charge in [0.05, 0.1) is 7.11 Å². The fourth-order valence-electron chi connectivity index (χ4n) is 1.33. The highest BCUT2D eigenvalue weighted by Gasteiger charge is 2.21. The first-order chi connectivity index (χ1) is 8.76. The van der Waals surface area contributed by atoms with Crippen LogP contribution in [0.2, 0.25) is 5.02 Å². The Kier molecular flexibility index (Phi) is 5.39. The normalized spacial score (nSPS) is 11.2. The molecule has 0 aliphatic carbocycles. The molecule has 0 spiro atoms. The molecular weight excluding hydrogens is 308 g/mol. The highest BCUT2D eigenvalue weighted by molar-refractivity contribution is 7.92. The smallest absolute Gasteiger partial charge is 0.267 e. The zero-order valence-electron chi connectivity index (χ0n) is 10.7. The zero-order valence-corrected chi connectivity index (χ0v) is 13.1. The maximum Gasteiger partial charge on any atom is 0.267 e. The van der Waals surface area contributed by atoms with Gasteiger partial charge in [0.15, 0.2) is 5.11 Å². The molecule has 5 nitrogen and oxygen atoms in total. The van der Waals surface area contributed by atoms with Crippen molar-refractivity contribution < 1.29 is 13.2 Å². The minimum Gasteiger partial charge on any atom is -0.495 e. The number of rotatable bonds is 4. The molecule has 0 heterocycles. The van der Waals surface area contributed by atoms with Crippen LogP contribution in [0, 0.1) is 0 Å². The Morgan fingerprint density at radius 2 is 2.05 bits per heavy atom. The first kappa shape index (κ1) is 16.0. The highest BCUT2D eigenvalue weighted by atomic mass is 35.5. The molecule has 1 rings (SSSR count). The second kappa shape index (κ2) is 6.40. The molecule has 19 heavy (non-hydrogen) atoms. The molecule has 0 bridgehead atoms. The van der Waals surface area contributed by atoms with Gasteiger partial charge in [0.2, 0.25) is 0 Å². The van der Waals surface area contributed by atoms with Crippen LogP contribution in [0.1, 0.15) is 13.8 Å². The van der Waals surface area contributed by atoms with Gasteiger partial charge >= 0.3 is 0 Å². The lowest BCUT2D eigenvalue weighted by molar-refractivity contribution is 0.402. The van der Waals surface area contributed by atoms with Crippen molar-refractivity contribution >= 4 is 39.0 Å². The summed E-state index contributed by atoms with van der Waals surface area (Å²) in [5, 5.41) is 3.11. The quantitative estimate of drug-likeness (QED) is 0.829.